The minimum atomic E-state index is -3.92. The monoisotopic (exact) mass is 487 g/mol. The molecular weight excluding hydrogens is 454 g/mol. The Morgan fingerprint density at radius 1 is 1.12 bits per heavy atom. The molecule has 2 aromatic carbocycles. The maximum Gasteiger partial charge on any atom is 0.341 e. The number of methoxy groups -OCH3 is 1. The number of benzene rings is 2. The lowest BCUT2D eigenvalue weighted by Crippen LogP contribution is -2.42. The molecule has 34 heavy (non-hydrogen) atoms. The van der Waals surface area contributed by atoms with Gasteiger partial charge in [-0.15, -0.1) is 0 Å². The van der Waals surface area contributed by atoms with E-state index in [1.54, 1.807) is 6.07 Å². The van der Waals surface area contributed by atoms with Crippen molar-refractivity contribution in [1.29, 1.82) is 0 Å². The van der Waals surface area contributed by atoms with Crippen molar-refractivity contribution in [1.82, 2.24) is 0 Å². The van der Waals surface area contributed by atoms with Crippen LogP contribution in [0.1, 0.15) is 53.2 Å². The van der Waals surface area contributed by atoms with Crippen LogP contribution in [0.3, 0.4) is 0 Å². The van der Waals surface area contributed by atoms with E-state index in [4.69, 9.17) is 14.2 Å². The van der Waals surface area contributed by atoms with Crippen LogP contribution in [-0.4, -0.2) is 47.4 Å². The average Bonchev–Trinajstić information content (AvgIpc) is 2.82. The molecule has 8 heteroatoms. The first-order chi connectivity index (χ1) is 16.2. The molecule has 0 aliphatic carbocycles. The number of ether oxygens (including phenoxy) is 3. The standard InChI is InChI=1S/C26H33NO6S/c1-17-13-18(2)22-7-5-19(3)27(24(22)14-17)34(29,30)21-6-8-25(23(15-21)26(28)31-4)33-16-20-9-11-32-12-10-20/h6,8,13-15,19-20H,5,7,9-12,16H2,1-4H3/t19-/m0/s1. The van der Waals surface area contributed by atoms with Gasteiger partial charge in [0.2, 0.25) is 0 Å². The molecule has 2 aromatic rings. The topological polar surface area (TPSA) is 82.1 Å². The maximum atomic E-state index is 13.9. The normalized spacial score (nSPS) is 18.9. The molecule has 0 radical (unpaired) electrons. The third-order valence-electron chi connectivity index (χ3n) is 6.77. The third kappa shape index (κ3) is 4.79. The van der Waals surface area contributed by atoms with Gasteiger partial charge in [0, 0.05) is 19.3 Å². The van der Waals surface area contributed by atoms with Crippen molar-refractivity contribution in [2.75, 3.05) is 31.2 Å². The van der Waals surface area contributed by atoms with Crippen molar-refractivity contribution < 1.29 is 27.4 Å². The van der Waals surface area contributed by atoms with Gasteiger partial charge < -0.3 is 14.2 Å². The van der Waals surface area contributed by atoms with Crippen LogP contribution < -0.4 is 9.04 Å². The van der Waals surface area contributed by atoms with E-state index in [9.17, 15) is 13.2 Å². The second-order valence-electron chi connectivity index (χ2n) is 9.28. The molecule has 7 nitrogen and oxygen atoms in total. The molecule has 1 saturated heterocycles. The van der Waals surface area contributed by atoms with Gasteiger partial charge in [-0.1, -0.05) is 6.07 Å². The lowest BCUT2D eigenvalue weighted by Gasteiger charge is -2.37. The Kier molecular flexibility index (Phi) is 7.19. The Labute approximate surface area is 202 Å². The van der Waals surface area contributed by atoms with E-state index < -0.39 is 16.0 Å². The van der Waals surface area contributed by atoms with Gasteiger partial charge in [-0.3, -0.25) is 4.31 Å². The predicted octanol–water partition coefficient (Wildman–Crippen LogP) is 4.43. The number of aryl methyl sites for hydroxylation is 2. The number of hydrogen-bond donors (Lipinski definition) is 0. The molecule has 2 aliphatic rings. The minimum absolute atomic E-state index is 0.0465. The highest BCUT2D eigenvalue weighted by molar-refractivity contribution is 7.92. The number of fused-ring (bicyclic) bond motifs is 1. The molecule has 0 aromatic heterocycles. The summed E-state index contributed by atoms with van der Waals surface area (Å²) in [6.07, 6.45) is 3.35. The molecule has 0 N–H and O–H groups in total. The van der Waals surface area contributed by atoms with Crippen LogP contribution in [0.5, 0.6) is 5.75 Å². The summed E-state index contributed by atoms with van der Waals surface area (Å²) in [5, 5.41) is 0. The zero-order chi connectivity index (χ0) is 24.5. The second kappa shape index (κ2) is 9.96. The molecule has 4 rings (SSSR count). The molecular formula is C26H33NO6S. The zero-order valence-corrected chi connectivity index (χ0v) is 21.1. The Morgan fingerprint density at radius 2 is 1.85 bits per heavy atom. The number of sulfonamides is 1. The van der Waals surface area contributed by atoms with E-state index in [0.717, 1.165) is 48.1 Å². The maximum absolute atomic E-state index is 13.9. The van der Waals surface area contributed by atoms with E-state index in [-0.39, 0.29) is 16.5 Å². The summed E-state index contributed by atoms with van der Waals surface area (Å²) in [7, 11) is -2.64. The van der Waals surface area contributed by atoms with E-state index in [1.807, 2.05) is 26.8 Å². The molecule has 0 bridgehead atoms. The van der Waals surface area contributed by atoms with Gasteiger partial charge in [-0.2, -0.15) is 0 Å². The van der Waals surface area contributed by atoms with Crippen LogP contribution in [0.25, 0.3) is 0 Å². The van der Waals surface area contributed by atoms with Crippen molar-refractivity contribution in [3.05, 3.63) is 52.6 Å². The summed E-state index contributed by atoms with van der Waals surface area (Å²) in [6.45, 7) is 7.75. The van der Waals surface area contributed by atoms with Crippen molar-refractivity contribution in [2.45, 2.75) is 57.4 Å². The quantitative estimate of drug-likeness (QED) is 0.561. The molecule has 184 valence electrons. The fourth-order valence-corrected chi connectivity index (χ4v) is 6.61. The summed E-state index contributed by atoms with van der Waals surface area (Å²) in [5.41, 5.74) is 3.99. The van der Waals surface area contributed by atoms with Gasteiger partial charge >= 0.3 is 5.97 Å². The minimum Gasteiger partial charge on any atom is -0.492 e. The van der Waals surface area contributed by atoms with Crippen LogP contribution >= 0.6 is 0 Å². The molecule has 1 fully saturated rings. The fraction of sp³-hybridized carbons (Fsp3) is 0.500. The number of esters is 1. The fourth-order valence-electron chi connectivity index (χ4n) is 4.87. The lowest BCUT2D eigenvalue weighted by molar-refractivity contribution is 0.0483. The van der Waals surface area contributed by atoms with Gasteiger partial charge in [0.15, 0.2) is 0 Å². The first-order valence-corrected chi connectivity index (χ1v) is 13.2. The van der Waals surface area contributed by atoms with Gasteiger partial charge in [0.1, 0.15) is 11.3 Å². The van der Waals surface area contributed by atoms with Crippen molar-refractivity contribution in [3.63, 3.8) is 0 Å². The van der Waals surface area contributed by atoms with Crippen LogP contribution in [-0.2, 0) is 25.9 Å². The Balaban J connectivity index is 1.70. The van der Waals surface area contributed by atoms with Crippen LogP contribution in [0, 0.1) is 19.8 Å². The van der Waals surface area contributed by atoms with Crippen molar-refractivity contribution in [3.8, 4) is 5.75 Å². The largest absolute Gasteiger partial charge is 0.492 e. The highest BCUT2D eigenvalue weighted by Crippen LogP contribution is 2.38. The second-order valence-corrected chi connectivity index (χ2v) is 11.1. The van der Waals surface area contributed by atoms with Gasteiger partial charge in [-0.05, 0) is 93.3 Å². The third-order valence-corrected chi connectivity index (χ3v) is 8.70. The van der Waals surface area contributed by atoms with Crippen molar-refractivity contribution >= 4 is 21.7 Å². The molecule has 0 saturated carbocycles. The summed E-state index contributed by atoms with van der Waals surface area (Å²) in [4.78, 5) is 12.6. The van der Waals surface area contributed by atoms with E-state index in [2.05, 4.69) is 6.07 Å². The van der Waals surface area contributed by atoms with Gasteiger partial charge in [-0.25, -0.2) is 13.2 Å². The van der Waals surface area contributed by atoms with Crippen LogP contribution in [0.4, 0.5) is 5.69 Å². The summed E-state index contributed by atoms with van der Waals surface area (Å²) >= 11 is 0. The zero-order valence-electron chi connectivity index (χ0n) is 20.3. The van der Waals surface area contributed by atoms with E-state index in [0.29, 0.717) is 31.5 Å². The number of carbonyl (C=O) groups is 1. The number of rotatable bonds is 6. The lowest BCUT2D eigenvalue weighted by atomic mass is 9.93. The Hall–Kier alpha value is -2.58. The first kappa shape index (κ1) is 24.5. The number of anilines is 1. The first-order valence-electron chi connectivity index (χ1n) is 11.8. The molecule has 0 unspecified atom stereocenters. The Bertz CT molecular complexity index is 1170. The molecule has 0 spiro atoms. The number of nitrogens with zero attached hydrogens (tertiary/aromatic N) is 1. The smallest absolute Gasteiger partial charge is 0.341 e. The summed E-state index contributed by atoms with van der Waals surface area (Å²) in [5.74, 6) is 0.0359. The molecule has 1 atom stereocenters. The summed E-state index contributed by atoms with van der Waals surface area (Å²) in [6, 6.07) is 8.27. The predicted molar refractivity (Wildman–Crippen MR) is 130 cm³/mol. The van der Waals surface area contributed by atoms with Gasteiger partial charge in [0.05, 0.1) is 24.3 Å². The average molecular weight is 488 g/mol. The van der Waals surface area contributed by atoms with Gasteiger partial charge in [0.25, 0.3) is 10.0 Å². The molecule has 2 heterocycles. The van der Waals surface area contributed by atoms with E-state index >= 15 is 0 Å². The Morgan fingerprint density at radius 3 is 2.56 bits per heavy atom. The van der Waals surface area contributed by atoms with Crippen molar-refractivity contribution in [2.24, 2.45) is 5.92 Å². The SMILES string of the molecule is COC(=O)c1cc(S(=O)(=O)N2c3cc(C)cc(C)c3CC[C@@H]2C)ccc1OCC1CCOCC1. The highest BCUT2D eigenvalue weighted by atomic mass is 32.2. The molecule has 2 aliphatic heterocycles. The van der Waals surface area contributed by atoms with E-state index in [1.165, 1.54) is 23.5 Å². The molecule has 0 amide bonds. The number of carbonyl (C=O) groups excluding carboxylic acids is 1. The summed E-state index contributed by atoms with van der Waals surface area (Å²) < 4.78 is 45.6. The van der Waals surface area contributed by atoms with Crippen LogP contribution in [0.15, 0.2) is 35.2 Å². The highest BCUT2D eigenvalue weighted by Gasteiger charge is 2.35. The van der Waals surface area contributed by atoms with Crippen LogP contribution in [0.2, 0.25) is 0 Å². The number of hydrogen-bond acceptors (Lipinski definition) is 6.